The number of nitrogens with zero attached hydrogens (tertiary/aromatic N) is 1. The van der Waals surface area contributed by atoms with E-state index in [0.29, 0.717) is 29.4 Å². The summed E-state index contributed by atoms with van der Waals surface area (Å²) in [5, 5.41) is 3.16. The summed E-state index contributed by atoms with van der Waals surface area (Å²) in [5.41, 5.74) is 3.40. The van der Waals surface area contributed by atoms with Gasteiger partial charge in [0.1, 0.15) is 0 Å². The predicted molar refractivity (Wildman–Crippen MR) is 112 cm³/mol. The van der Waals surface area contributed by atoms with Crippen LogP contribution in [0.1, 0.15) is 41.3 Å². The van der Waals surface area contributed by atoms with Crippen molar-refractivity contribution < 1.29 is 19.1 Å². The highest BCUT2D eigenvalue weighted by molar-refractivity contribution is 6.34. The maximum atomic E-state index is 12.5. The molecule has 2 aromatic carbocycles. The third kappa shape index (κ3) is 4.77. The minimum atomic E-state index is -0.990. The van der Waals surface area contributed by atoms with Gasteiger partial charge in [-0.1, -0.05) is 29.3 Å². The lowest BCUT2D eigenvalue weighted by molar-refractivity contribution is -0.123. The van der Waals surface area contributed by atoms with E-state index in [2.05, 4.69) is 5.32 Å². The van der Waals surface area contributed by atoms with Gasteiger partial charge in [-0.05, 0) is 57.0 Å². The molecule has 7 heteroatoms. The molecule has 0 radical (unpaired) electrons. The Morgan fingerprint density at radius 3 is 2.59 bits per heavy atom. The van der Waals surface area contributed by atoms with E-state index in [1.165, 1.54) is 19.1 Å². The molecule has 1 heterocycles. The molecule has 0 aromatic heterocycles. The monoisotopic (exact) mass is 414 g/mol. The number of amides is 2. The van der Waals surface area contributed by atoms with Gasteiger partial charge in [-0.15, -0.1) is 0 Å². The zero-order valence-electron chi connectivity index (χ0n) is 16.6. The van der Waals surface area contributed by atoms with E-state index < -0.39 is 18.0 Å². The number of hydrogen-bond donors (Lipinski definition) is 1. The van der Waals surface area contributed by atoms with Crippen LogP contribution in [0.15, 0.2) is 36.4 Å². The molecule has 1 atom stereocenters. The minimum Gasteiger partial charge on any atom is -0.449 e. The smallest absolute Gasteiger partial charge is 0.338 e. The van der Waals surface area contributed by atoms with Crippen LogP contribution in [0.25, 0.3) is 0 Å². The summed E-state index contributed by atoms with van der Waals surface area (Å²) < 4.78 is 5.32. The Kier molecular flexibility index (Phi) is 6.23. The number of benzene rings is 2. The van der Waals surface area contributed by atoms with Gasteiger partial charge < -0.3 is 15.0 Å². The number of esters is 1. The quantitative estimate of drug-likeness (QED) is 0.741. The number of rotatable bonds is 5. The van der Waals surface area contributed by atoms with Gasteiger partial charge in [0.2, 0.25) is 5.91 Å². The van der Waals surface area contributed by atoms with Crippen LogP contribution in [-0.2, 0) is 14.3 Å². The fourth-order valence-corrected chi connectivity index (χ4v) is 3.44. The molecule has 1 aliphatic heterocycles. The first-order chi connectivity index (χ1) is 13.8. The van der Waals surface area contributed by atoms with E-state index in [9.17, 15) is 14.4 Å². The largest absolute Gasteiger partial charge is 0.449 e. The van der Waals surface area contributed by atoms with E-state index >= 15 is 0 Å². The van der Waals surface area contributed by atoms with Crippen molar-refractivity contribution in [3.05, 3.63) is 58.1 Å². The molecule has 152 valence electrons. The third-order valence-electron chi connectivity index (χ3n) is 4.84. The Morgan fingerprint density at radius 2 is 1.93 bits per heavy atom. The molecule has 6 nitrogen and oxygen atoms in total. The van der Waals surface area contributed by atoms with Gasteiger partial charge in [0.25, 0.3) is 5.91 Å². The number of carbonyl (C=O) groups excluding carboxylic acids is 3. The average molecular weight is 415 g/mol. The molecule has 0 saturated carbocycles. The molecule has 29 heavy (non-hydrogen) atoms. The van der Waals surface area contributed by atoms with Crippen molar-refractivity contribution in [3.8, 4) is 0 Å². The second kappa shape index (κ2) is 8.66. The predicted octanol–water partition coefficient (Wildman–Crippen LogP) is 4.27. The van der Waals surface area contributed by atoms with Crippen molar-refractivity contribution in [1.82, 2.24) is 0 Å². The zero-order valence-corrected chi connectivity index (χ0v) is 17.4. The Hall–Kier alpha value is -2.86. The Labute approximate surface area is 174 Å². The van der Waals surface area contributed by atoms with Crippen molar-refractivity contribution >= 4 is 40.8 Å². The van der Waals surface area contributed by atoms with Gasteiger partial charge in [0, 0.05) is 18.7 Å². The molecule has 1 saturated heterocycles. The molecule has 1 N–H and O–H groups in total. The van der Waals surface area contributed by atoms with Gasteiger partial charge in [0.05, 0.1) is 16.3 Å². The van der Waals surface area contributed by atoms with Crippen molar-refractivity contribution in [3.63, 3.8) is 0 Å². The Balaban J connectivity index is 1.69. The SMILES string of the molecule is Cc1ccc(NC(=O)[C@@H](C)OC(=O)c2ccc(Cl)c(N3CCCC3=O)c2)c(C)c1. The molecule has 0 bridgehead atoms. The van der Waals surface area contributed by atoms with Crippen LogP contribution in [0.5, 0.6) is 0 Å². The Bertz CT molecular complexity index is 973. The highest BCUT2D eigenvalue weighted by Gasteiger charge is 2.26. The summed E-state index contributed by atoms with van der Waals surface area (Å²) in [6.45, 7) is 5.94. The molecule has 1 fully saturated rings. The number of anilines is 2. The molecular formula is C22H23ClN2O4. The summed E-state index contributed by atoms with van der Waals surface area (Å²) in [7, 11) is 0. The van der Waals surface area contributed by atoms with E-state index in [1.807, 2.05) is 32.0 Å². The lowest BCUT2D eigenvalue weighted by Gasteiger charge is -2.19. The first kappa shape index (κ1) is 20.9. The van der Waals surface area contributed by atoms with Crippen LogP contribution in [0, 0.1) is 13.8 Å². The van der Waals surface area contributed by atoms with Crippen LogP contribution in [0.2, 0.25) is 5.02 Å². The fourth-order valence-electron chi connectivity index (χ4n) is 3.22. The van der Waals surface area contributed by atoms with Gasteiger partial charge in [-0.25, -0.2) is 4.79 Å². The first-order valence-electron chi connectivity index (χ1n) is 9.45. The minimum absolute atomic E-state index is 0.0290. The van der Waals surface area contributed by atoms with E-state index in [0.717, 1.165) is 17.5 Å². The van der Waals surface area contributed by atoms with Crippen molar-refractivity contribution in [2.45, 2.75) is 39.7 Å². The number of ether oxygens (including phenoxy) is 1. The first-order valence-corrected chi connectivity index (χ1v) is 9.83. The summed E-state index contributed by atoms with van der Waals surface area (Å²) >= 11 is 6.21. The van der Waals surface area contributed by atoms with Crippen LogP contribution in [0.3, 0.4) is 0 Å². The standard InChI is InChI=1S/C22H23ClN2O4/c1-13-6-9-18(14(2)11-13)24-21(27)15(3)29-22(28)16-7-8-17(23)19(12-16)25-10-4-5-20(25)26/h6-9,11-12,15H,4-5,10H2,1-3H3,(H,24,27)/t15-/m1/s1. The van der Waals surface area contributed by atoms with Crippen molar-refractivity contribution in [2.24, 2.45) is 0 Å². The molecular weight excluding hydrogens is 392 g/mol. The molecule has 2 aromatic rings. The maximum absolute atomic E-state index is 12.5. The Morgan fingerprint density at radius 1 is 1.17 bits per heavy atom. The summed E-state index contributed by atoms with van der Waals surface area (Å²) in [4.78, 5) is 38.5. The normalized spacial score (nSPS) is 14.6. The maximum Gasteiger partial charge on any atom is 0.338 e. The average Bonchev–Trinajstić information content (AvgIpc) is 3.09. The fraction of sp³-hybridized carbons (Fsp3) is 0.318. The topological polar surface area (TPSA) is 75.7 Å². The second-order valence-electron chi connectivity index (χ2n) is 7.17. The second-order valence-corrected chi connectivity index (χ2v) is 7.58. The molecule has 0 unspecified atom stereocenters. The van der Waals surface area contributed by atoms with Crippen molar-refractivity contribution in [1.29, 1.82) is 0 Å². The molecule has 3 rings (SSSR count). The lowest BCUT2D eigenvalue weighted by Crippen LogP contribution is -2.30. The van der Waals surface area contributed by atoms with Crippen LogP contribution >= 0.6 is 11.6 Å². The molecule has 1 aliphatic rings. The van der Waals surface area contributed by atoms with Gasteiger partial charge in [-0.2, -0.15) is 0 Å². The van der Waals surface area contributed by atoms with Gasteiger partial charge in [0.15, 0.2) is 6.10 Å². The number of halogens is 1. The summed E-state index contributed by atoms with van der Waals surface area (Å²) in [6.07, 6.45) is 0.218. The third-order valence-corrected chi connectivity index (χ3v) is 5.16. The highest BCUT2D eigenvalue weighted by Crippen LogP contribution is 2.30. The number of nitrogens with one attached hydrogen (secondary N) is 1. The van der Waals surface area contributed by atoms with Crippen LogP contribution < -0.4 is 10.2 Å². The van der Waals surface area contributed by atoms with E-state index in [-0.39, 0.29) is 11.5 Å². The highest BCUT2D eigenvalue weighted by atomic mass is 35.5. The summed E-state index contributed by atoms with van der Waals surface area (Å²) in [6, 6.07) is 10.3. The lowest BCUT2D eigenvalue weighted by atomic mass is 10.1. The zero-order chi connectivity index (χ0) is 21.1. The number of carbonyl (C=O) groups is 3. The number of hydrogen-bond acceptors (Lipinski definition) is 4. The van der Waals surface area contributed by atoms with Crippen LogP contribution in [-0.4, -0.2) is 30.4 Å². The van der Waals surface area contributed by atoms with Gasteiger partial charge in [-0.3, -0.25) is 9.59 Å². The van der Waals surface area contributed by atoms with E-state index in [1.54, 1.807) is 11.0 Å². The summed E-state index contributed by atoms with van der Waals surface area (Å²) in [5.74, 6) is -1.11. The molecule has 0 aliphatic carbocycles. The van der Waals surface area contributed by atoms with Crippen molar-refractivity contribution in [2.75, 3.05) is 16.8 Å². The van der Waals surface area contributed by atoms with E-state index in [4.69, 9.17) is 16.3 Å². The van der Waals surface area contributed by atoms with Gasteiger partial charge >= 0.3 is 5.97 Å². The molecule has 2 amide bonds. The van der Waals surface area contributed by atoms with Crippen LogP contribution in [0.4, 0.5) is 11.4 Å². The molecule has 0 spiro atoms. The number of aryl methyl sites for hydroxylation is 2.